The zero-order chi connectivity index (χ0) is 13.8. The average Bonchev–Trinajstić information content (AvgIpc) is 2.85. The van der Waals surface area contributed by atoms with E-state index in [1.165, 1.54) is 13.0 Å². The molecule has 0 bridgehead atoms. The van der Waals surface area contributed by atoms with Gasteiger partial charge in [-0.15, -0.1) is 0 Å². The Morgan fingerprint density at radius 2 is 2.32 bits per heavy atom. The van der Waals surface area contributed by atoms with E-state index < -0.39 is 0 Å². The van der Waals surface area contributed by atoms with E-state index in [1.54, 1.807) is 0 Å². The first-order valence-corrected chi connectivity index (χ1v) is 7.57. The molecule has 0 amide bonds. The number of nitrogens with one attached hydrogen (secondary N) is 1. The van der Waals surface area contributed by atoms with Crippen LogP contribution in [0, 0.1) is 17.2 Å². The van der Waals surface area contributed by atoms with Crippen molar-refractivity contribution in [2.45, 2.75) is 26.3 Å². The highest BCUT2D eigenvalue weighted by molar-refractivity contribution is 9.10. The van der Waals surface area contributed by atoms with Crippen molar-refractivity contribution in [1.82, 2.24) is 4.90 Å². The van der Waals surface area contributed by atoms with E-state index in [2.05, 4.69) is 46.1 Å². The van der Waals surface area contributed by atoms with Crippen LogP contribution in [0.2, 0.25) is 0 Å². The van der Waals surface area contributed by atoms with Gasteiger partial charge < -0.3 is 10.2 Å². The SMILES string of the molecule is CC(C)N1CCC(CNc2cc(Br)ccc2C#N)C1. The van der Waals surface area contributed by atoms with E-state index >= 15 is 0 Å². The molecule has 0 aromatic heterocycles. The molecule has 1 aliphatic rings. The topological polar surface area (TPSA) is 39.1 Å². The molecule has 1 heterocycles. The number of likely N-dealkylation sites (tertiary alicyclic amines) is 1. The van der Waals surface area contributed by atoms with Crippen molar-refractivity contribution >= 4 is 21.6 Å². The summed E-state index contributed by atoms with van der Waals surface area (Å²) in [6, 6.07) is 8.59. The zero-order valence-electron chi connectivity index (χ0n) is 11.5. The summed E-state index contributed by atoms with van der Waals surface area (Å²) in [5, 5.41) is 12.5. The second-order valence-corrected chi connectivity index (χ2v) is 6.34. The lowest BCUT2D eigenvalue weighted by atomic mass is 10.1. The van der Waals surface area contributed by atoms with Crippen LogP contribution in [0.4, 0.5) is 5.69 Å². The average molecular weight is 322 g/mol. The molecular weight excluding hydrogens is 302 g/mol. The Hall–Kier alpha value is -1.05. The molecule has 0 aliphatic carbocycles. The predicted octanol–water partition coefficient (Wildman–Crippen LogP) is 3.46. The molecule has 1 aromatic carbocycles. The van der Waals surface area contributed by atoms with Gasteiger partial charge in [0.1, 0.15) is 6.07 Å². The van der Waals surface area contributed by atoms with E-state index in [4.69, 9.17) is 5.26 Å². The summed E-state index contributed by atoms with van der Waals surface area (Å²) in [5.41, 5.74) is 1.64. The Morgan fingerprint density at radius 1 is 1.53 bits per heavy atom. The first-order chi connectivity index (χ1) is 9.10. The van der Waals surface area contributed by atoms with Crippen LogP contribution < -0.4 is 5.32 Å². The minimum absolute atomic E-state index is 0.630. The number of rotatable bonds is 4. The molecule has 1 aromatic rings. The van der Waals surface area contributed by atoms with Crippen LogP contribution in [-0.4, -0.2) is 30.6 Å². The van der Waals surface area contributed by atoms with Crippen LogP contribution in [0.5, 0.6) is 0 Å². The normalized spacial score (nSPS) is 19.6. The summed E-state index contributed by atoms with van der Waals surface area (Å²) in [7, 11) is 0. The minimum Gasteiger partial charge on any atom is -0.384 e. The maximum Gasteiger partial charge on any atom is 0.101 e. The smallest absolute Gasteiger partial charge is 0.101 e. The van der Waals surface area contributed by atoms with E-state index in [0.29, 0.717) is 17.5 Å². The van der Waals surface area contributed by atoms with Gasteiger partial charge in [0.05, 0.1) is 11.3 Å². The molecule has 1 aliphatic heterocycles. The van der Waals surface area contributed by atoms with Crippen molar-refractivity contribution in [3.8, 4) is 6.07 Å². The van der Waals surface area contributed by atoms with E-state index in [0.717, 1.165) is 23.2 Å². The van der Waals surface area contributed by atoms with E-state index in [-0.39, 0.29) is 0 Å². The summed E-state index contributed by atoms with van der Waals surface area (Å²) in [6.07, 6.45) is 1.24. The standard InChI is InChI=1S/C15H20BrN3/c1-11(2)19-6-5-12(10-19)9-18-15-7-14(16)4-3-13(15)8-17/h3-4,7,11-12,18H,5-6,9-10H2,1-2H3. The summed E-state index contributed by atoms with van der Waals surface area (Å²) in [6.45, 7) is 7.78. The van der Waals surface area contributed by atoms with Gasteiger partial charge in [0.25, 0.3) is 0 Å². The van der Waals surface area contributed by atoms with Crippen LogP contribution in [0.3, 0.4) is 0 Å². The maximum atomic E-state index is 9.10. The monoisotopic (exact) mass is 321 g/mol. The summed E-state index contributed by atoms with van der Waals surface area (Å²) in [5.74, 6) is 0.674. The van der Waals surface area contributed by atoms with Gasteiger partial charge in [-0.1, -0.05) is 15.9 Å². The van der Waals surface area contributed by atoms with Crippen molar-refractivity contribution < 1.29 is 0 Å². The number of hydrogen-bond donors (Lipinski definition) is 1. The fraction of sp³-hybridized carbons (Fsp3) is 0.533. The van der Waals surface area contributed by atoms with Crippen molar-refractivity contribution in [2.24, 2.45) is 5.92 Å². The van der Waals surface area contributed by atoms with Crippen LogP contribution in [0.15, 0.2) is 22.7 Å². The van der Waals surface area contributed by atoms with Crippen molar-refractivity contribution in [3.63, 3.8) is 0 Å². The maximum absolute atomic E-state index is 9.10. The third kappa shape index (κ3) is 3.71. The summed E-state index contributed by atoms with van der Waals surface area (Å²) >= 11 is 3.45. The molecule has 1 saturated heterocycles. The lowest BCUT2D eigenvalue weighted by Crippen LogP contribution is -2.29. The molecule has 1 unspecified atom stereocenters. The highest BCUT2D eigenvalue weighted by Crippen LogP contribution is 2.23. The molecule has 0 radical (unpaired) electrons. The first-order valence-electron chi connectivity index (χ1n) is 6.77. The van der Waals surface area contributed by atoms with Gasteiger partial charge in [0, 0.05) is 23.6 Å². The molecule has 0 spiro atoms. The minimum atomic E-state index is 0.630. The Morgan fingerprint density at radius 3 is 2.95 bits per heavy atom. The Labute approximate surface area is 123 Å². The van der Waals surface area contributed by atoms with Crippen molar-refractivity contribution in [2.75, 3.05) is 25.0 Å². The van der Waals surface area contributed by atoms with Gasteiger partial charge in [-0.25, -0.2) is 0 Å². The van der Waals surface area contributed by atoms with Gasteiger partial charge in [-0.05, 0) is 50.9 Å². The second kappa shape index (κ2) is 6.40. The van der Waals surface area contributed by atoms with Gasteiger partial charge in [-0.2, -0.15) is 5.26 Å². The Kier molecular flexibility index (Phi) is 4.84. The van der Waals surface area contributed by atoms with E-state index in [9.17, 15) is 0 Å². The van der Waals surface area contributed by atoms with Gasteiger partial charge >= 0.3 is 0 Å². The molecule has 4 heteroatoms. The van der Waals surface area contributed by atoms with Crippen molar-refractivity contribution in [3.05, 3.63) is 28.2 Å². The highest BCUT2D eigenvalue weighted by Gasteiger charge is 2.23. The molecule has 3 nitrogen and oxygen atoms in total. The lowest BCUT2D eigenvalue weighted by molar-refractivity contribution is 0.266. The highest BCUT2D eigenvalue weighted by atomic mass is 79.9. The number of anilines is 1. The summed E-state index contributed by atoms with van der Waals surface area (Å²) < 4.78 is 1.00. The molecular formula is C15H20BrN3. The van der Waals surface area contributed by atoms with Crippen LogP contribution in [-0.2, 0) is 0 Å². The van der Waals surface area contributed by atoms with Crippen molar-refractivity contribution in [1.29, 1.82) is 5.26 Å². The Balaban J connectivity index is 1.93. The Bertz CT molecular complexity index is 479. The third-order valence-corrected chi connectivity index (χ3v) is 4.22. The number of halogens is 1. The fourth-order valence-corrected chi connectivity index (χ4v) is 2.87. The molecule has 19 heavy (non-hydrogen) atoms. The van der Waals surface area contributed by atoms with Crippen LogP contribution >= 0.6 is 15.9 Å². The van der Waals surface area contributed by atoms with Gasteiger partial charge in [0.15, 0.2) is 0 Å². The third-order valence-electron chi connectivity index (χ3n) is 3.73. The van der Waals surface area contributed by atoms with Gasteiger partial charge in [-0.3, -0.25) is 0 Å². The van der Waals surface area contributed by atoms with E-state index in [1.807, 2.05) is 18.2 Å². The quantitative estimate of drug-likeness (QED) is 0.923. The number of nitriles is 1. The van der Waals surface area contributed by atoms with Crippen LogP contribution in [0.1, 0.15) is 25.8 Å². The fourth-order valence-electron chi connectivity index (χ4n) is 2.51. The summed E-state index contributed by atoms with van der Waals surface area (Å²) in [4.78, 5) is 2.51. The number of nitrogens with zero attached hydrogens (tertiary/aromatic N) is 2. The zero-order valence-corrected chi connectivity index (χ0v) is 13.1. The predicted molar refractivity (Wildman–Crippen MR) is 82.2 cm³/mol. The number of benzene rings is 1. The second-order valence-electron chi connectivity index (χ2n) is 5.43. The lowest BCUT2D eigenvalue weighted by Gasteiger charge is -2.20. The molecule has 1 N–H and O–H groups in total. The molecule has 2 rings (SSSR count). The molecule has 1 fully saturated rings. The number of hydrogen-bond acceptors (Lipinski definition) is 3. The molecule has 1 atom stereocenters. The van der Waals surface area contributed by atoms with Crippen LogP contribution in [0.25, 0.3) is 0 Å². The van der Waals surface area contributed by atoms with Gasteiger partial charge in [0.2, 0.25) is 0 Å². The largest absolute Gasteiger partial charge is 0.384 e. The molecule has 102 valence electrons. The first kappa shape index (κ1) is 14.4. The molecule has 0 saturated carbocycles.